The van der Waals surface area contributed by atoms with E-state index in [1.165, 1.54) is 11.4 Å². The van der Waals surface area contributed by atoms with E-state index in [0.717, 1.165) is 37.5 Å². The molecule has 0 bridgehead atoms. The second-order valence-electron chi connectivity index (χ2n) is 9.65. The minimum Gasteiger partial charge on any atom is -0.497 e. The van der Waals surface area contributed by atoms with Crippen LogP contribution >= 0.6 is 0 Å². The summed E-state index contributed by atoms with van der Waals surface area (Å²) in [6, 6.07) is 13.7. The van der Waals surface area contributed by atoms with E-state index in [1.807, 2.05) is 24.3 Å². The van der Waals surface area contributed by atoms with Gasteiger partial charge in [-0.1, -0.05) is 37.1 Å². The predicted octanol–water partition coefficient (Wildman–Crippen LogP) is 3.73. The molecule has 0 saturated heterocycles. The first-order chi connectivity index (χ1) is 18.1. The number of carbonyl (C=O) groups is 2. The quantitative estimate of drug-likeness (QED) is 0.411. The van der Waals surface area contributed by atoms with Gasteiger partial charge in [0.25, 0.3) is 0 Å². The molecule has 0 heterocycles. The minimum atomic E-state index is -3.62. The van der Waals surface area contributed by atoms with E-state index in [-0.39, 0.29) is 43.8 Å². The lowest BCUT2D eigenvalue weighted by atomic mass is 10.1. The minimum absolute atomic E-state index is 0.0756. The van der Waals surface area contributed by atoms with Crippen molar-refractivity contribution in [2.45, 2.75) is 64.1 Å². The maximum absolute atomic E-state index is 13.5. The highest BCUT2D eigenvalue weighted by molar-refractivity contribution is 7.92. The monoisotopic (exact) mass is 545 g/mol. The largest absolute Gasteiger partial charge is 0.497 e. The molecule has 1 saturated carbocycles. The fourth-order valence-corrected chi connectivity index (χ4v) is 5.73. The molecule has 1 fully saturated rings. The van der Waals surface area contributed by atoms with Gasteiger partial charge in [-0.3, -0.25) is 13.9 Å². The van der Waals surface area contributed by atoms with Crippen molar-refractivity contribution in [2.75, 3.05) is 31.3 Å². The molecule has 0 aliphatic heterocycles. The van der Waals surface area contributed by atoms with Gasteiger partial charge in [0, 0.05) is 25.6 Å². The highest BCUT2D eigenvalue weighted by Crippen LogP contribution is 2.30. The van der Waals surface area contributed by atoms with Crippen molar-refractivity contribution in [3.8, 4) is 11.5 Å². The highest BCUT2D eigenvalue weighted by Gasteiger charge is 2.29. The van der Waals surface area contributed by atoms with Crippen molar-refractivity contribution in [2.24, 2.45) is 0 Å². The highest BCUT2D eigenvalue weighted by atomic mass is 32.2. The van der Waals surface area contributed by atoms with E-state index in [1.54, 1.807) is 43.2 Å². The van der Waals surface area contributed by atoms with Gasteiger partial charge in [0.05, 0.1) is 26.2 Å². The number of rotatable bonds is 13. The smallest absolute Gasteiger partial charge is 0.242 e. The van der Waals surface area contributed by atoms with Crippen LogP contribution in [0.3, 0.4) is 0 Å². The molecule has 2 aromatic rings. The summed E-state index contributed by atoms with van der Waals surface area (Å²) in [4.78, 5) is 28.2. The summed E-state index contributed by atoms with van der Waals surface area (Å²) in [5.74, 6) is 0.690. The standard InChI is InChI=1S/C28H39N3O6S/c1-21(28(33)29-23-12-5-6-13-23)30(20-22-11-9-14-24(19-22)36-2)27(32)17-10-18-31(38(4,34)35)25-15-7-8-16-26(25)37-3/h7-9,11,14-16,19,21,23H,5-6,10,12-13,17-18,20H2,1-4H3,(H,29,33)/t21-/m1/s1. The summed E-state index contributed by atoms with van der Waals surface area (Å²) in [6.45, 7) is 2.07. The van der Waals surface area contributed by atoms with Crippen LogP contribution in [0.15, 0.2) is 48.5 Å². The third-order valence-corrected chi connectivity index (χ3v) is 8.04. The molecule has 208 valence electrons. The lowest BCUT2D eigenvalue weighted by Gasteiger charge is -2.30. The predicted molar refractivity (Wildman–Crippen MR) is 148 cm³/mol. The van der Waals surface area contributed by atoms with Crippen LogP contribution < -0.4 is 19.1 Å². The van der Waals surface area contributed by atoms with Crippen molar-refractivity contribution in [3.05, 3.63) is 54.1 Å². The molecule has 2 amide bonds. The molecule has 1 N–H and O–H groups in total. The van der Waals surface area contributed by atoms with Crippen molar-refractivity contribution < 1.29 is 27.5 Å². The van der Waals surface area contributed by atoms with Crippen molar-refractivity contribution >= 4 is 27.5 Å². The third kappa shape index (κ3) is 7.86. The number of methoxy groups -OCH3 is 2. The van der Waals surface area contributed by atoms with Crippen LogP contribution in [-0.4, -0.2) is 64.2 Å². The van der Waals surface area contributed by atoms with Gasteiger partial charge in [0.15, 0.2) is 0 Å². The normalized spacial score (nSPS) is 14.5. The average Bonchev–Trinajstić information content (AvgIpc) is 3.41. The van der Waals surface area contributed by atoms with Gasteiger partial charge in [-0.25, -0.2) is 8.42 Å². The number of amides is 2. The molecular weight excluding hydrogens is 506 g/mol. The van der Waals surface area contributed by atoms with Gasteiger partial charge in [0.2, 0.25) is 21.8 Å². The van der Waals surface area contributed by atoms with Gasteiger partial charge in [0.1, 0.15) is 17.5 Å². The first-order valence-electron chi connectivity index (χ1n) is 13.0. The molecule has 1 aliphatic rings. The summed E-state index contributed by atoms with van der Waals surface area (Å²) in [6.07, 6.45) is 5.57. The molecule has 0 radical (unpaired) electrons. The zero-order valence-electron chi connectivity index (χ0n) is 22.7. The number of para-hydroxylation sites is 2. The molecule has 3 rings (SSSR count). The van der Waals surface area contributed by atoms with E-state index in [0.29, 0.717) is 17.2 Å². The third-order valence-electron chi connectivity index (χ3n) is 6.86. The summed E-state index contributed by atoms with van der Waals surface area (Å²) in [7, 11) is -0.556. The molecule has 0 unspecified atom stereocenters. The number of hydrogen-bond donors (Lipinski definition) is 1. The molecule has 2 aromatic carbocycles. The van der Waals surface area contributed by atoms with Crippen LogP contribution in [0.25, 0.3) is 0 Å². The zero-order valence-corrected chi connectivity index (χ0v) is 23.5. The van der Waals surface area contributed by atoms with Gasteiger partial charge in [-0.2, -0.15) is 0 Å². The van der Waals surface area contributed by atoms with Gasteiger partial charge < -0.3 is 19.7 Å². The summed E-state index contributed by atoms with van der Waals surface area (Å²) in [5.41, 5.74) is 1.26. The van der Waals surface area contributed by atoms with Crippen LogP contribution in [0, 0.1) is 0 Å². The number of benzene rings is 2. The van der Waals surface area contributed by atoms with Crippen LogP contribution in [0.4, 0.5) is 5.69 Å². The van der Waals surface area contributed by atoms with E-state index in [9.17, 15) is 18.0 Å². The summed E-state index contributed by atoms with van der Waals surface area (Å²) < 4.78 is 37.1. The Hall–Kier alpha value is -3.27. The van der Waals surface area contributed by atoms with Gasteiger partial charge >= 0.3 is 0 Å². The Morgan fingerprint density at radius 1 is 1.05 bits per heavy atom. The van der Waals surface area contributed by atoms with Crippen molar-refractivity contribution in [1.29, 1.82) is 0 Å². The fraction of sp³-hybridized carbons (Fsp3) is 0.500. The Morgan fingerprint density at radius 2 is 1.76 bits per heavy atom. The topological polar surface area (TPSA) is 105 Å². The molecule has 0 spiro atoms. The lowest BCUT2D eigenvalue weighted by Crippen LogP contribution is -2.49. The molecule has 1 aliphatic carbocycles. The number of carbonyl (C=O) groups excluding carboxylic acids is 2. The van der Waals surface area contributed by atoms with Crippen LogP contribution in [0.5, 0.6) is 11.5 Å². The van der Waals surface area contributed by atoms with Crippen LogP contribution in [0.1, 0.15) is 51.0 Å². The zero-order chi connectivity index (χ0) is 27.7. The molecular formula is C28H39N3O6S. The van der Waals surface area contributed by atoms with E-state index in [4.69, 9.17) is 9.47 Å². The van der Waals surface area contributed by atoms with Crippen molar-refractivity contribution in [3.63, 3.8) is 0 Å². The number of anilines is 1. The number of sulfonamides is 1. The number of hydrogen-bond acceptors (Lipinski definition) is 6. The van der Waals surface area contributed by atoms with E-state index in [2.05, 4.69) is 5.32 Å². The van der Waals surface area contributed by atoms with Crippen molar-refractivity contribution in [1.82, 2.24) is 10.2 Å². The molecule has 38 heavy (non-hydrogen) atoms. The molecule has 0 aromatic heterocycles. The van der Waals surface area contributed by atoms with Gasteiger partial charge in [-0.15, -0.1) is 0 Å². The Kier molecular flexibility index (Phi) is 10.4. The first kappa shape index (κ1) is 29.3. The Morgan fingerprint density at radius 3 is 2.42 bits per heavy atom. The lowest BCUT2D eigenvalue weighted by molar-refractivity contribution is -0.141. The molecule has 9 nitrogen and oxygen atoms in total. The maximum atomic E-state index is 13.5. The summed E-state index contributed by atoms with van der Waals surface area (Å²) in [5, 5.41) is 3.09. The maximum Gasteiger partial charge on any atom is 0.242 e. The van der Waals surface area contributed by atoms with E-state index >= 15 is 0 Å². The van der Waals surface area contributed by atoms with Gasteiger partial charge in [-0.05, 0) is 56.0 Å². The number of nitrogens with zero attached hydrogens (tertiary/aromatic N) is 2. The second kappa shape index (κ2) is 13.5. The fourth-order valence-electron chi connectivity index (χ4n) is 4.76. The SMILES string of the molecule is COc1cccc(CN(C(=O)CCCN(c2ccccc2OC)S(C)(=O)=O)[C@H](C)C(=O)NC2CCCC2)c1. The van der Waals surface area contributed by atoms with Crippen LogP contribution in [-0.2, 0) is 26.2 Å². The second-order valence-corrected chi connectivity index (χ2v) is 11.6. The number of nitrogens with one attached hydrogen (secondary N) is 1. The molecule has 1 atom stereocenters. The Balaban J connectivity index is 1.75. The molecule has 10 heteroatoms. The van der Waals surface area contributed by atoms with E-state index < -0.39 is 16.1 Å². The Bertz CT molecular complexity index is 1200. The average molecular weight is 546 g/mol. The first-order valence-corrected chi connectivity index (χ1v) is 14.8. The summed E-state index contributed by atoms with van der Waals surface area (Å²) >= 11 is 0. The Labute approximate surface area is 226 Å². The van der Waals surface area contributed by atoms with Crippen LogP contribution in [0.2, 0.25) is 0 Å². The number of ether oxygens (including phenoxy) is 2.